The van der Waals surface area contributed by atoms with Crippen LogP contribution >= 0.6 is 0 Å². The summed E-state index contributed by atoms with van der Waals surface area (Å²) in [5.41, 5.74) is 1.74. The Morgan fingerprint density at radius 1 is 1.33 bits per heavy atom. The predicted molar refractivity (Wildman–Crippen MR) is 60.6 cm³/mol. The molecule has 0 radical (unpaired) electrons. The largest absolute Gasteiger partial charge is 0.385 e. The quantitative estimate of drug-likeness (QED) is 0.526. The fourth-order valence-corrected chi connectivity index (χ4v) is 1.31. The molecule has 1 rings (SSSR count). The minimum atomic E-state index is 0.598. The molecule has 0 unspecified atom stereocenters. The summed E-state index contributed by atoms with van der Waals surface area (Å²) < 4.78 is 5.46. The smallest absolute Gasteiger partial charge is 0.381 e. The first kappa shape index (κ1) is 11.7. The normalized spacial score (nSPS) is 9.87. The second kappa shape index (κ2) is 6.97. The second-order valence-electron chi connectivity index (χ2n) is 3.49. The molecule has 0 saturated carbocycles. The van der Waals surface area contributed by atoms with Crippen LogP contribution in [0.5, 0.6) is 0 Å². The van der Waals surface area contributed by atoms with Crippen LogP contribution in [0.25, 0.3) is 4.98 Å². The number of rotatable bonds is 6. The third kappa shape index (κ3) is 4.57. The number of diazo groups is 1. The van der Waals surface area contributed by atoms with Gasteiger partial charge in [0.2, 0.25) is 5.39 Å². The van der Waals surface area contributed by atoms with Gasteiger partial charge >= 0.3 is 5.69 Å². The Labute approximate surface area is 90.7 Å². The molecule has 0 aliphatic rings. The van der Waals surface area contributed by atoms with Gasteiger partial charge in [-0.25, -0.2) is 0 Å². The zero-order valence-electron chi connectivity index (χ0n) is 9.15. The minimum absolute atomic E-state index is 0.598. The molecule has 80 valence electrons. The van der Waals surface area contributed by atoms with Crippen molar-refractivity contribution in [3.63, 3.8) is 0 Å². The summed E-state index contributed by atoms with van der Waals surface area (Å²) >= 11 is 0. The van der Waals surface area contributed by atoms with Crippen LogP contribution in [-0.2, 0) is 11.2 Å². The van der Waals surface area contributed by atoms with Gasteiger partial charge in [-0.15, -0.1) is 0 Å². The molecule has 0 N–H and O–H groups in total. The van der Waals surface area contributed by atoms with Gasteiger partial charge in [0.05, 0.1) is 6.61 Å². The summed E-state index contributed by atoms with van der Waals surface area (Å²) in [6.07, 6.45) is 3.15. The highest BCUT2D eigenvalue weighted by molar-refractivity contribution is 5.45. The van der Waals surface area contributed by atoms with Crippen molar-refractivity contribution >= 4 is 5.69 Å². The van der Waals surface area contributed by atoms with Crippen molar-refractivity contribution in [1.82, 2.24) is 0 Å². The molecule has 3 nitrogen and oxygen atoms in total. The summed E-state index contributed by atoms with van der Waals surface area (Å²) in [5.74, 6) is 0. The minimum Gasteiger partial charge on any atom is -0.381 e. The van der Waals surface area contributed by atoms with Crippen molar-refractivity contribution in [2.24, 2.45) is 0 Å². The van der Waals surface area contributed by atoms with Crippen LogP contribution in [0, 0.1) is 5.39 Å². The SMILES string of the molecule is CCCCOCCc1cccc([N+]#N)c1. The van der Waals surface area contributed by atoms with Crippen LogP contribution in [0.1, 0.15) is 25.3 Å². The predicted octanol–water partition coefficient (Wildman–Crippen LogP) is 3.53. The highest BCUT2D eigenvalue weighted by Crippen LogP contribution is 2.13. The average molecular weight is 205 g/mol. The Hall–Kier alpha value is -1.40. The van der Waals surface area contributed by atoms with E-state index in [1.54, 1.807) is 6.07 Å². The summed E-state index contributed by atoms with van der Waals surface area (Å²) in [6.45, 7) is 3.71. The molecule has 0 saturated heterocycles. The van der Waals surface area contributed by atoms with Crippen LogP contribution in [0.15, 0.2) is 24.3 Å². The van der Waals surface area contributed by atoms with Crippen LogP contribution in [0.2, 0.25) is 0 Å². The molecule has 0 amide bonds. The number of hydrogen-bond acceptors (Lipinski definition) is 2. The maximum atomic E-state index is 8.60. The molecule has 0 aromatic heterocycles. The van der Waals surface area contributed by atoms with E-state index in [-0.39, 0.29) is 0 Å². The molecule has 0 fully saturated rings. The van der Waals surface area contributed by atoms with Crippen molar-refractivity contribution in [3.8, 4) is 0 Å². The van der Waals surface area contributed by atoms with Gasteiger partial charge in [0, 0.05) is 18.7 Å². The lowest BCUT2D eigenvalue weighted by molar-refractivity contribution is 0.134. The number of nitrogens with zero attached hydrogens (tertiary/aromatic N) is 2. The number of benzene rings is 1. The first-order chi connectivity index (χ1) is 7.36. The standard InChI is InChI=1S/C12H17N2O/c1-2-3-8-15-9-7-11-5-4-6-12(10-11)14-13/h4-6,10H,2-3,7-9H2,1H3/q+1. The van der Waals surface area contributed by atoms with E-state index in [4.69, 9.17) is 10.1 Å². The summed E-state index contributed by atoms with van der Waals surface area (Å²) in [5, 5.41) is 8.60. The third-order valence-corrected chi connectivity index (χ3v) is 2.20. The van der Waals surface area contributed by atoms with E-state index >= 15 is 0 Å². The van der Waals surface area contributed by atoms with Gasteiger partial charge < -0.3 is 4.74 Å². The Balaban J connectivity index is 2.28. The van der Waals surface area contributed by atoms with Crippen LogP contribution in [0.4, 0.5) is 5.69 Å². The van der Waals surface area contributed by atoms with E-state index in [0.29, 0.717) is 5.69 Å². The van der Waals surface area contributed by atoms with Crippen LogP contribution < -0.4 is 0 Å². The lowest BCUT2D eigenvalue weighted by Crippen LogP contribution is -1.99. The molecule has 3 heteroatoms. The molecular weight excluding hydrogens is 188 g/mol. The summed E-state index contributed by atoms with van der Waals surface area (Å²) in [4.78, 5) is 3.15. The molecule has 0 aliphatic carbocycles. The molecule has 0 heterocycles. The van der Waals surface area contributed by atoms with Crippen molar-refractivity contribution < 1.29 is 4.74 Å². The number of hydrogen-bond donors (Lipinski definition) is 0. The van der Waals surface area contributed by atoms with Crippen molar-refractivity contribution in [2.45, 2.75) is 26.2 Å². The highest BCUT2D eigenvalue weighted by Gasteiger charge is 2.03. The van der Waals surface area contributed by atoms with Gasteiger partial charge in [-0.1, -0.05) is 25.5 Å². The summed E-state index contributed by atoms with van der Waals surface area (Å²) in [7, 11) is 0. The third-order valence-electron chi connectivity index (χ3n) is 2.20. The maximum Gasteiger partial charge on any atom is 0.385 e. The topological polar surface area (TPSA) is 37.4 Å². The Morgan fingerprint density at radius 3 is 2.93 bits per heavy atom. The number of unbranched alkanes of at least 4 members (excludes halogenated alkanes) is 1. The van der Waals surface area contributed by atoms with Gasteiger partial charge in [0.15, 0.2) is 4.98 Å². The molecule has 0 bridgehead atoms. The molecule has 1 aromatic rings. The second-order valence-corrected chi connectivity index (χ2v) is 3.49. The van der Waals surface area contributed by atoms with Gasteiger partial charge in [0.1, 0.15) is 0 Å². The monoisotopic (exact) mass is 205 g/mol. The molecule has 0 aliphatic heterocycles. The lowest BCUT2D eigenvalue weighted by atomic mass is 10.1. The zero-order valence-corrected chi connectivity index (χ0v) is 9.15. The van der Waals surface area contributed by atoms with Crippen molar-refractivity contribution in [3.05, 3.63) is 34.8 Å². The molecule has 1 aromatic carbocycles. The first-order valence-corrected chi connectivity index (χ1v) is 5.38. The summed E-state index contributed by atoms with van der Waals surface area (Å²) in [6, 6.07) is 7.53. The molecule has 0 atom stereocenters. The fourth-order valence-electron chi connectivity index (χ4n) is 1.31. The van der Waals surface area contributed by atoms with E-state index in [1.165, 1.54) is 6.42 Å². The van der Waals surface area contributed by atoms with Crippen LogP contribution in [0.3, 0.4) is 0 Å². The van der Waals surface area contributed by atoms with E-state index < -0.39 is 0 Å². The van der Waals surface area contributed by atoms with Gasteiger partial charge in [0.25, 0.3) is 0 Å². The fraction of sp³-hybridized carbons (Fsp3) is 0.500. The van der Waals surface area contributed by atoms with E-state index in [1.807, 2.05) is 18.2 Å². The Bertz CT molecular complexity index is 331. The van der Waals surface area contributed by atoms with E-state index in [9.17, 15) is 0 Å². The lowest BCUT2D eigenvalue weighted by Gasteiger charge is -2.02. The molecule has 0 spiro atoms. The van der Waals surface area contributed by atoms with E-state index in [2.05, 4.69) is 11.9 Å². The van der Waals surface area contributed by atoms with Crippen molar-refractivity contribution in [2.75, 3.05) is 13.2 Å². The number of ether oxygens (including phenoxy) is 1. The Kier molecular flexibility index (Phi) is 5.42. The van der Waals surface area contributed by atoms with Gasteiger partial charge in [-0.3, -0.25) is 0 Å². The van der Waals surface area contributed by atoms with Gasteiger partial charge in [-0.05, 0) is 18.4 Å². The maximum absolute atomic E-state index is 8.60. The Morgan fingerprint density at radius 2 is 2.20 bits per heavy atom. The van der Waals surface area contributed by atoms with Crippen LogP contribution in [-0.4, -0.2) is 13.2 Å². The molecule has 15 heavy (non-hydrogen) atoms. The average Bonchev–Trinajstić information content (AvgIpc) is 2.29. The van der Waals surface area contributed by atoms with Gasteiger partial charge in [-0.2, -0.15) is 0 Å². The first-order valence-electron chi connectivity index (χ1n) is 5.38. The molecular formula is C12H17N2O+. The highest BCUT2D eigenvalue weighted by atomic mass is 16.5. The van der Waals surface area contributed by atoms with E-state index in [0.717, 1.165) is 31.6 Å². The van der Waals surface area contributed by atoms with Crippen molar-refractivity contribution in [1.29, 1.82) is 5.39 Å². The zero-order chi connectivity index (χ0) is 10.9.